The maximum atomic E-state index is 2.33. The van der Waals surface area contributed by atoms with Crippen LogP contribution in [0.3, 0.4) is 0 Å². The molecule has 0 radical (unpaired) electrons. The summed E-state index contributed by atoms with van der Waals surface area (Å²) in [5, 5.41) is 0. The molecule has 0 unspecified atom stereocenters. The summed E-state index contributed by atoms with van der Waals surface area (Å²) < 4.78 is 2.22. The summed E-state index contributed by atoms with van der Waals surface area (Å²) in [5.74, 6) is 0.875. The van der Waals surface area contributed by atoms with E-state index in [1.807, 2.05) is 0 Å². The smallest absolute Gasteiger partial charge is 0.0198 e. The summed E-state index contributed by atoms with van der Waals surface area (Å²) in [7, 11) is 2.12. The Morgan fingerprint density at radius 1 is 1.30 bits per heavy atom. The van der Waals surface area contributed by atoms with Crippen molar-refractivity contribution in [3.05, 3.63) is 0 Å². The first-order valence-corrected chi connectivity index (χ1v) is 4.96. The highest BCUT2D eigenvalue weighted by molar-refractivity contribution is 14.1. The van der Waals surface area contributed by atoms with Crippen LogP contribution in [-0.4, -0.2) is 16.7 Å². The first-order valence-electron chi connectivity index (χ1n) is 4.00. The highest BCUT2D eigenvalue weighted by Crippen LogP contribution is 2.07. The molecule has 10 heavy (non-hydrogen) atoms. The molecule has 0 bridgehead atoms. The molecular formula is C8H18IN. The molecule has 0 fully saturated rings. The van der Waals surface area contributed by atoms with Gasteiger partial charge in [0.2, 0.25) is 0 Å². The van der Waals surface area contributed by atoms with E-state index in [2.05, 4.69) is 46.9 Å². The van der Waals surface area contributed by atoms with Crippen LogP contribution in [0.5, 0.6) is 0 Å². The second-order valence-corrected chi connectivity index (χ2v) is 4.87. The molecule has 0 aromatic heterocycles. The van der Waals surface area contributed by atoms with Gasteiger partial charge in [-0.25, -0.2) is 0 Å². The number of hydrogen-bond donors (Lipinski definition) is 0. The van der Waals surface area contributed by atoms with Gasteiger partial charge in [0.25, 0.3) is 0 Å². The third-order valence-corrected chi connectivity index (χ3v) is 1.98. The Bertz CT molecular complexity index is 61.7. The predicted molar refractivity (Wildman–Crippen MR) is 55.3 cm³/mol. The van der Waals surface area contributed by atoms with Gasteiger partial charge in [0.05, 0.1) is 0 Å². The van der Waals surface area contributed by atoms with Crippen LogP contribution in [0.4, 0.5) is 0 Å². The molecule has 0 aromatic carbocycles. The van der Waals surface area contributed by atoms with Crippen molar-refractivity contribution >= 4 is 22.9 Å². The summed E-state index contributed by atoms with van der Waals surface area (Å²) >= 11 is 2.33. The Balaban J connectivity index is 2.91. The lowest BCUT2D eigenvalue weighted by Crippen LogP contribution is -2.05. The molecule has 0 saturated heterocycles. The van der Waals surface area contributed by atoms with Crippen molar-refractivity contribution in [2.75, 3.05) is 13.6 Å². The van der Waals surface area contributed by atoms with Gasteiger partial charge in [-0.2, -0.15) is 0 Å². The van der Waals surface area contributed by atoms with Crippen LogP contribution < -0.4 is 0 Å². The van der Waals surface area contributed by atoms with Crippen molar-refractivity contribution in [3.63, 3.8) is 0 Å². The highest BCUT2D eigenvalue weighted by Gasteiger charge is 1.94. The van der Waals surface area contributed by atoms with Gasteiger partial charge in [0, 0.05) is 29.4 Å². The molecule has 0 amide bonds. The number of unbranched alkanes of at least 4 members (excludes halogenated alkanes) is 1. The van der Waals surface area contributed by atoms with Crippen LogP contribution in [-0.2, 0) is 0 Å². The molecule has 2 heteroatoms. The van der Waals surface area contributed by atoms with Crippen molar-refractivity contribution in [3.8, 4) is 0 Å². The van der Waals surface area contributed by atoms with Crippen molar-refractivity contribution in [1.29, 1.82) is 0 Å². The van der Waals surface area contributed by atoms with E-state index in [0.29, 0.717) is 0 Å². The van der Waals surface area contributed by atoms with E-state index in [9.17, 15) is 0 Å². The largest absolute Gasteiger partial charge is 0.251 e. The van der Waals surface area contributed by atoms with Gasteiger partial charge in [-0.3, -0.25) is 3.11 Å². The Hall–Kier alpha value is 0.690. The lowest BCUT2D eigenvalue weighted by molar-refractivity contribution is 0.496. The number of nitrogens with zero attached hydrogens (tertiary/aromatic N) is 1. The van der Waals surface area contributed by atoms with Crippen LogP contribution >= 0.6 is 22.9 Å². The minimum Gasteiger partial charge on any atom is -0.251 e. The van der Waals surface area contributed by atoms with Crippen LogP contribution in [0.25, 0.3) is 0 Å². The quantitative estimate of drug-likeness (QED) is 0.414. The topological polar surface area (TPSA) is 3.24 Å². The van der Waals surface area contributed by atoms with Gasteiger partial charge >= 0.3 is 0 Å². The van der Waals surface area contributed by atoms with Crippen molar-refractivity contribution in [2.45, 2.75) is 33.1 Å². The first kappa shape index (κ1) is 10.7. The normalized spacial score (nSPS) is 11.4. The van der Waals surface area contributed by atoms with E-state index < -0.39 is 0 Å². The van der Waals surface area contributed by atoms with Gasteiger partial charge in [-0.1, -0.05) is 26.7 Å². The lowest BCUT2D eigenvalue weighted by atomic mass is 10.1. The molecule has 0 rings (SSSR count). The Morgan fingerprint density at radius 2 is 1.90 bits per heavy atom. The third-order valence-electron chi connectivity index (χ3n) is 1.50. The lowest BCUT2D eigenvalue weighted by Gasteiger charge is -2.07. The second-order valence-electron chi connectivity index (χ2n) is 3.22. The molecule has 0 aliphatic heterocycles. The summed E-state index contributed by atoms with van der Waals surface area (Å²) in [4.78, 5) is 0. The van der Waals surface area contributed by atoms with E-state index in [4.69, 9.17) is 0 Å². The molecule has 0 aliphatic rings. The van der Waals surface area contributed by atoms with Crippen LogP contribution in [0.15, 0.2) is 0 Å². The van der Waals surface area contributed by atoms with Gasteiger partial charge in [0.15, 0.2) is 0 Å². The standard InChI is InChI=1S/C8H18IN/c1-8(2)6-4-5-7-10(3)9/h8H,4-7H2,1-3H3. The van der Waals surface area contributed by atoms with Crippen LogP contribution in [0, 0.1) is 5.92 Å². The fourth-order valence-corrected chi connectivity index (χ4v) is 1.22. The van der Waals surface area contributed by atoms with Crippen LogP contribution in [0.1, 0.15) is 33.1 Å². The van der Waals surface area contributed by atoms with E-state index in [-0.39, 0.29) is 0 Å². The maximum absolute atomic E-state index is 2.33. The second kappa shape index (κ2) is 6.40. The van der Waals surface area contributed by atoms with Crippen LogP contribution in [0.2, 0.25) is 0 Å². The Morgan fingerprint density at radius 3 is 2.30 bits per heavy atom. The zero-order valence-electron chi connectivity index (χ0n) is 7.23. The molecule has 0 atom stereocenters. The van der Waals surface area contributed by atoms with E-state index in [0.717, 1.165) is 5.92 Å². The molecule has 0 N–H and O–H groups in total. The fourth-order valence-electron chi connectivity index (χ4n) is 0.882. The average Bonchev–Trinajstić information content (AvgIpc) is 1.79. The average molecular weight is 255 g/mol. The Labute approximate surface area is 78.7 Å². The number of rotatable bonds is 5. The summed E-state index contributed by atoms with van der Waals surface area (Å²) in [6, 6.07) is 0. The zero-order chi connectivity index (χ0) is 7.98. The summed E-state index contributed by atoms with van der Waals surface area (Å²) in [6.07, 6.45) is 4.10. The minimum atomic E-state index is 0.875. The molecule has 0 saturated carbocycles. The third kappa shape index (κ3) is 8.69. The molecule has 0 spiro atoms. The van der Waals surface area contributed by atoms with Crippen molar-refractivity contribution in [1.82, 2.24) is 3.11 Å². The van der Waals surface area contributed by atoms with Gasteiger partial charge in [-0.05, 0) is 19.4 Å². The monoisotopic (exact) mass is 255 g/mol. The molecule has 1 nitrogen and oxygen atoms in total. The molecule has 0 aromatic rings. The highest BCUT2D eigenvalue weighted by atomic mass is 127. The first-order chi connectivity index (χ1) is 4.63. The summed E-state index contributed by atoms with van der Waals surface area (Å²) in [6.45, 7) is 5.80. The zero-order valence-corrected chi connectivity index (χ0v) is 9.39. The molecule has 0 aliphatic carbocycles. The van der Waals surface area contributed by atoms with E-state index >= 15 is 0 Å². The van der Waals surface area contributed by atoms with Gasteiger partial charge < -0.3 is 0 Å². The SMILES string of the molecule is CC(C)CCCCN(C)I. The van der Waals surface area contributed by atoms with Crippen molar-refractivity contribution < 1.29 is 0 Å². The van der Waals surface area contributed by atoms with E-state index in [1.165, 1.54) is 25.8 Å². The minimum absolute atomic E-state index is 0.875. The predicted octanol–water partition coefficient (Wildman–Crippen LogP) is 3.09. The number of halogens is 1. The molecule has 62 valence electrons. The van der Waals surface area contributed by atoms with Gasteiger partial charge in [-0.15, -0.1) is 0 Å². The van der Waals surface area contributed by atoms with E-state index in [1.54, 1.807) is 0 Å². The maximum Gasteiger partial charge on any atom is 0.0198 e. The molecule has 0 heterocycles. The Kier molecular flexibility index (Phi) is 6.85. The molecular weight excluding hydrogens is 237 g/mol. The van der Waals surface area contributed by atoms with Gasteiger partial charge in [0.1, 0.15) is 0 Å². The fraction of sp³-hybridized carbons (Fsp3) is 1.00. The number of hydrogen-bond acceptors (Lipinski definition) is 1. The van der Waals surface area contributed by atoms with Crippen molar-refractivity contribution in [2.24, 2.45) is 5.92 Å². The summed E-state index contributed by atoms with van der Waals surface area (Å²) in [5.41, 5.74) is 0.